The van der Waals surface area contributed by atoms with Crippen molar-refractivity contribution in [3.8, 4) is 5.75 Å². The predicted molar refractivity (Wildman–Crippen MR) is 98.0 cm³/mol. The number of anilines is 2. The van der Waals surface area contributed by atoms with Crippen LogP contribution in [0.5, 0.6) is 5.75 Å². The summed E-state index contributed by atoms with van der Waals surface area (Å²) < 4.78 is 4.91. The number of methoxy groups -OCH3 is 1. The van der Waals surface area contributed by atoms with Gasteiger partial charge < -0.3 is 15.4 Å². The van der Waals surface area contributed by atoms with Crippen LogP contribution in [-0.2, 0) is 4.79 Å². The van der Waals surface area contributed by atoms with Crippen LogP contribution in [0.3, 0.4) is 0 Å². The topological polar surface area (TPSA) is 111 Å². The van der Waals surface area contributed by atoms with Crippen molar-refractivity contribution in [1.29, 1.82) is 0 Å². The van der Waals surface area contributed by atoms with E-state index in [2.05, 4.69) is 10.6 Å². The highest BCUT2D eigenvalue weighted by Gasteiger charge is 2.19. The highest BCUT2D eigenvalue weighted by Crippen LogP contribution is 2.29. The van der Waals surface area contributed by atoms with E-state index in [0.717, 1.165) is 6.07 Å². The summed E-state index contributed by atoms with van der Waals surface area (Å²) in [5.41, 5.74) is 0.480. The molecule has 136 valence electrons. The van der Waals surface area contributed by atoms with Crippen LogP contribution < -0.4 is 15.4 Å². The summed E-state index contributed by atoms with van der Waals surface area (Å²) in [6.07, 6.45) is 0.305. The van der Waals surface area contributed by atoms with E-state index >= 15 is 0 Å². The Kier molecular flexibility index (Phi) is 6.13. The lowest BCUT2D eigenvalue weighted by molar-refractivity contribution is -0.385. The van der Waals surface area contributed by atoms with E-state index in [1.807, 2.05) is 0 Å². The molecule has 2 rings (SSSR count). The number of benzene rings is 2. The summed E-state index contributed by atoms with van der Waals surface area (Å²) in [4.78, 5) is 34.3. The Morgan fingerprint density at radius 3 is 2.54 bits per heavy atom. The number of halogens is 1. The van der Waals surface area contributed by atoms with Gasteiger partial charge in [-0.15, -0.1) is 0 Å². The number of carbonyl (C=O) groups excluding carboxylic acids is 2. The van der Waals surface area contributed by atoms with Gasteiger partial charge in [-0.05, 0) is 30.3 Å². The summed E-state index contributed by atoms with van der Waals surface area (Å²) in [6.45, 7) is 1.71. The smallest absolute Gasteiger partial charge is 0.311 e. The molecule has 0 aliphatic heterocycles. The van der Waals surface area contributed by atoms with Crippen molar-refractivity contribution in [2.45, 2.75) is 13.3 Å². The van der Waals surface area contributed by atoms with Crippen LogP contribution in [-0.4, -0.2) is 23.8 Å². The molecule has 2 aromatic carbocycles. The monoisotopic (exact) mass is 377 g/mol. The fraction of sp³-hybridized carbons (Fsp3) is 0.176. The quantitative estimate of drug-likeness (QED) is 0.586. The summed E-state index contributed by atoms with van der Waals surface area (Å²) in [5.74, 6) is -0.721. The number of nitro benzene ring substituents is 1. The molecule has 9 heteroatoms. The van der Waals surface area contributed by atoms with Crippen LogP contribution in [0.1, 0.15) is 23.7 Å². The molecule has 0 saturated heterocycles. The molecular formula is C17H16ClN3O5. The Bertz CT molecular complexity index is 869. The molecule has 0 aliphatic carbocycles. The number of ether oxygens (including phenoxy) is 1. The first-order chi connectivity index (χ1) is 12.3. The Morgan fingerprint density at radius 1 is 1.19 bits per heavy atom. The maximum Gasteiger partial charge on any atom is 0.311 e. The number of amides is 2. The normalized spacial score (nSPS) is 10.1. The standard InChI is InChI=1S/C17H16ClN3O5/c1-3-16(22)19-11-5-6-12(18)13(9-11)20-17(23)10-4-7-15(26-2)14(8-10)21(24)25/h4-9H,3H2,1-2H3,(H,19,22)(H,20,23). The highest BCUT2D eigenvalue weighted by molar-refractivity contribution is 6.34. The second-order valence-corrected chi connectivity index (χ2v) is 5.60. The van der Waals surface area contributed by atoms with E-state index in [-0.39, 0.29) is 33.6 Å². The molecule has 2 aromatic rings. The second-order valence-electron chi connectivity index (χ2n) is 5.19. The minimum absolute atomic E-state index is 0.0499. The van der Waals surface area contributed by atoms with Crippen LogP contribution >= 0.6 is 11.6 Å². The molecule has 26 heavy (non-hydrogen) atoms. The van der Waals surface area contributed by atoms with Crippen molar-refractivity contribution in [2.75, 3.05) is 17.7 Å². The SMILES string of the molecule is CCC(=O)Nc1ccc(Cl)c(NC(=O)c2ccc(OC)c([N+](=O)[O-])c2)c1. The summed E-state index contributed by atoms with van der Waals surface area (Å²) >= 11 is 6.07. The van der Waals surface area contributed by atoms with Crippen LogP contribution in [0.25, 0.3) is 0 Å². The van der Waals surface area contributed by atoms with Gasteiger partial charge in [0.1, 0.15) is 0 Å². The first-order valence-electron chi connectivity index (χ1n) is 7.59. The average Bonchev–Trinajstić information content (AvgIpc) is 2.63. The third-order valence-corrected chi connectivity index (χ3v) is 3.79. The van der Waals surface area contributed by atoms with Gasteiger partial charge in [0.05, 0.1) is 22.7 Å². The minimum atomic E-state index is -0.635. The third kappa shape index (κ3) is 4.48. The zero-order valence-corrected chi connectivity index (χ0v) is 14.8. The van der Waals surface area contributed by atoms with E-state index in [1.54, 1.807) is 13.0 Å². The van der Waals surface area contributed by atoms with Gasteiger partial charge in [0, 0.05) is 23.7 Å². The van der Waals surface area contributed by atoms with E-state index in [1.165, 1.54) is 31.4 Å². The lowest BCUT2D eigenvalue weighted by atomic mass is 10.1. The molecule has 0 bridgehead atoms. The lowest BCUT2D eigenvalue weighted by Gasteiger charge is -2.11. The van der Waals surface area contributed by atoms with Crippen molar-refractivity contribution in [2.24, 2.45) is 0 Å². The molecule has 0 heterocycles. The molecule has 0 saturated carbocycles. The molecule has 0 aliphatic rings. The van der Waals surface area contributed by atoms with Gasteiger partial charge in [-0.3, -0.25) is 19.7 Å². The van der Waals surface area contributed by atoms with Crippen molar-refractivity contribution >= 4 is 40.5 Å². The Labute approximate surface area is 154 Å². The molecule has 0 spiro atoms. The van der Waals surface area contributed by atoms with Crippen LogP contribution in [0.4, 0.5) is 17.1 Å². The van der Waals surface area contributed by atoms with E-state index < -0.39 is 10.8 Å². The van der Waals surface area contributed by atoms with Gasteiger partial charge in [-0.1, -0.05) is 18.5 Å². The van der Waals surface area contributed by atoms with Crippen LogP contribution in [0.2, 0.25) is 5.02 Å². The molecule has 0 aromatic heterocycles. The van der Waals surface area contributed by atoms with Gasteiger partial charge in [-0.2, -0.15) is 0 Å². The van der Waals surface area contributed by atoms with Crippen molar-refractivity contribution in [3.05, 3.63) is 57.1 Å². The predicted octanol–water partition coefficient (Wildman–Crippen LogP) is 3.86. The number of hydrogen-bond acceptors (Lipinski definition) is 5. The number of hydrogen-bond donors (Lipinski definition) is 2. The third-order valence-electron chi connectivity index (χ3n) is 3.46. The fourth-order valence-corrected chi connectivity index (χ4v) is 2.28. The van der Waals surface area contributed by atoms with Crippen LogP contribution in [0, 0.1) is 10.1 Å². The first-order valence-corrected chi connectivity index (χ1v) is 7.96. The second kappa shape index (κ2) is 8.30. The molecule has 0 unspecified atom stereocenters. The lowest BCUT2D eigenvalue weighted by Crippen LogP contribution is -2.14. The fourth-order valence-electron chi connectivity index (χ4n) is 2.12. The molecule has 0 radical (unpaired) electrons. The maximum absolute atomic E-state index is 12.4. The van der Waals surface area contributed by atoms with E-state index in [0.29, 0.717) is 12.1 Å². The Balaban J connectivity index is 2.27. The van der Waals surface area contributed by atoms with Crippen molar-refractivity contribution < 1.29 is 19.2 Å². The van der Waals surface area contributed by atoms with Crippen LogP contribution in [0.15, 0.2) is 36.4 Å². The first kappa shape index (κ1) is 19.2. The van der Waals surface area contributed by atoms with Gasteiger partial charge in [0.25, 0.3) is 5.91 Å². The van der Waals surface area contributed by atoms with Gasteiger partial charge >= 0.3 is 5.69 Å². The molecule has 2 amide bonds. The molecule has 0 fully saturated rings. The van der Waals surface area contributed by atoms with E-state index in [4.69, 9.17) is 16.3 Å². The highest BCUT2D eigenvalue weighted by atomic mass is 35.5. The summed E-state index contributed by atoms with van der Waals surface area (Å²) in [6, 6.07) is 8.49. The van der Waals surface area contributed by atoms with Crippen molar-refractivity contribution in [1.82, 2.24) is 0 Å². The molecule has 2 N–H and O–H groups in total. The Hall–Kier alpha value is -3.13. The maximum atomic E-state index is 12.4. The molecule has 0 atom stereocenters. The largest absolute Gasteiger partial charge is 0.490 e. The number of nitrogens with zero attached hydrogens (tertiary/aromatic N) is 1. The zero-order valence-electron chi connectivity index (χ0n) is 14.0. The van der Waals surface area contributed by atoms with Gasteiger partial charge in [0.15, 0.2) is 5.75 Å². The van der Waals surface area contributed by atoms with Gasteiger partial charge in [0.2, 0.25) is 5.91 Å². The number of carbonyl (C=O) groups is 2. The average molecular weight is 378 g/mol. The number of nitrogens with one attached hydrogen (secondary N) is 2. The minimum Gasteiger partial charge on any atom is -0.490 e. The summed E-state index contributed by atoms with van der Waals surface area (Å²) in [5, 5.41) is 16.6. The summed E-state index contributed by atoms with van der Waals surface area (Å²) in [7, 11) is 1.30. The molecular weight excluding hydrogens is 362 g/mol. The number of nitro groups is 1. The Morgan fingerprint density at radius 2 is 1.92 bits per heavy atom. The van der Waals surface area contributed by atoms with Crippen molar-refractivity contribution in [3.63, 3.8) is 0 Å². The molecule has 8 nitrogen and oxygen atoms in total. The van der Waals surface area contributed by atoms with Gasteiger partial charge in [-0.25, -0.2) is 0 Å². The number of rotatable bonds is 6. The van der Waals surface area contributed by atoms with E-state index in [9.17, 15) is 19.7 Å². The zero-order chi connectivity index (χ0) is 19.3.